The van der Waals surface area contributed by atoms with E-state index in [0.717, 1.165) is 24.8 Å². The molecule has 1 amide bonds. The number of aryl methyl sites for hydroxylation is 2. The van der Waals surface area contributed by atoms with Crippen molar-refractivity contribution in [1.29, 1.82) is 0 Å². The Bertz CT molecular complexity index is 622. The second-order valence-corrected chi connectivity index (χ2v) is 4.92. The number of nitrogens with zero attached hydrogens (tertiary/aromatic N) is 2. The van der Waals surface area contributed by atoms with Gasteiger partial charge in [0.1, 0.15) is 0 Å². The van der Waals surface area contributed by atoms with Crippen LogP contribution in [0, 0.1) is 6.92 Å². The van der Waals surface area contributed by atoms with Crippen molar-refractivity contribution in [3.63, 3.8) is 0 Å². The normalized spacial score (nSPS) is 10.6. The number of carbonyl (C=O) groups excluding carboxylic acids is 1. The molecule has 0 atom stereocenters. The number of amides is 1. The van der Waals surface area contributed by atoms with Crippen LogP contribution in [0.3, 0.4) is 0 Å². The zero-order chi connectivity index (χ0) is 15.2. The van der Waals surface area contributed by atoms with Gasteiger partial charge in [-0.15, -0.1) is 0 Å². The standard InChI is InChI=1S/C15H20N4O2/c1-3-4-8-12-18-13(21-19-12)9-17-11-7-5-6-10(2)14(11)15(16)20/h5-7,17H,3-4,8-9H2,1-2H3,(H2,16,20). The Hall–Kier alpha value is -2.37. The van der Waals surface area contributed by atoms with Crippen molar-refractivity contribution in [1.82, 2.24) is 10.1 Å². The van der Waals surface area contributed by atoms with E-state index in [2.05, 4.69) is 22.4 Å². The number of nitrogens with two attached hydrogens (primary N) is 1. The van der Waals surface area contributed by atoms with Gasteiger partial charge in [-0.2, -0.15) is 4.98 Å². The fraction of sp³-hybridized carbons (Fsp3) is 0.400. The van der Waals surface area contributed by atoms with Crippen molar-refractivity contribution < 1.29 is 9.32 Å². The van der Waals surface area contributed by atoms with Gasteiger partial charge in [0, 0.05) is 12.1 Å². The summed E-state index contributed by atoms with van der Waals surface area (Å²) in [4.78, 5) is 15.8. The third-order valence-electron chi connectivity index (χ3n) is 3.21. The minimum Gasteiger partial charge on any atom is -0.375 e. The number of primary amides is 1. The maximum Gasteiger partial charge on any atom is 0.251 e. The van der Waals surface area contributed by atoms with Gasteiger partial charge in [0.15, 0.2) is 5.82 Å². The summed E-state index contributed by atoms with van der Waals surface area (Å²) in [6.07, 6.45) is 2.94. The van der Waals surface area contributed by atoms with Crippen LogP contribution in [0.1, 0.15) is 47.4 Å². The molecule has 6 nitrogen and oxygen atoms in total. The molecule has 0 saturated carbocycles. The van der Waals surface area contributed by atoms with E-state index in [1.165, 1.54) is 0 Å². The molecule has 2 aromatic rings. The Morgan fingerprint density at radius 1 is 1.43 bits per heavy atom. The zero-order valence-electron chi connectivity index (χ0n) is 12.3. The molecule has 0 fully saturated rings. The number of aromatic nitrogens is 2. The lowest BCUT2D eigenvalue weighted by molar-refractivity contribution is 0.100. The average Bonchev–Trinajstić information content (AvgIpc) is 2.90. The minimum absolute atomic E-state index is 0.364. The van der Waals surface area contributed by atoms with Crippen LogP contribution < -0.4 is 11.1 Å². The van der Waals surface area contributed by atoms with E-state index in [0.29, 0.717) is 29.5 Å². The molecule has 0 aliphatic heterocycles. The summed E-state index contributed by atoms with van der Waals surface area (Å²) < 4.78 is 5.17. The summed E-state index contributed by atoms with van der Waals surface area (Å²) in [5, 5.41) is 7.05. The molecule has 0 aliphatic rings. The number of nitrogens with one attached hydrogen (secondary N) is 1. The van der Waals surface area contributed by atoms with E-state index in [-0.39, 0.29) is 0 Å². The molecule has 0 unspecified atom stereocenters. The fourth-order valence-corrected chi connectivity index (χ4v) is 2.11. The molecule has 0 spiro atoms. The predicted octanol–water partition coefficient (Wildman–Crippen LogP) is 2.43. The number of hydrogen-bond acceptors (Lipinski definition) is 5. The van der Waals surface area contributed by atoms with E-state index in [1.54, 1.807) is 0 Å². The maximum absolute atomic E-state index is 11.5. The lowest BCUT2D eigenvalue weighted by atomic mass is 10.1. The lowest BCUT2D eigenvalue weighted by Crippen LogP contribution is -2.16. The lowest BCUT2D eigenvalue weighted by Gasteiger charge is -2.10. The van der Waals surface area contributed by atoms with Gasteiger partial charge in [0.05, 0.1) is 12.1 Å². The van der Waals surface area contributed by atoms with Crippen LogP contribution in [-0.4, -0.2) is 16.0 Å². The SMILES string of the molecule is CCCCc1noc(CNc2cccc(C)c2C(N)=O)n1. The largest absolute Gasteiger partial charge is 0.375 e. The molecule has 1 aromatic heterocycles. The van der Waals surface area contributed by atoms with Crippen LogP contribution in [0.25, 0.3) is 0 Å². The van der Waals surface area contributed by atoms with Crippen LogP contribution in [0.4, 0.5) is 5.69 Å². The molecule has 0 saturated heterocycles. The highest BCUT2D eigenvalue weighted by atomic mass is 16.5. The van der Waals surface area contributed by atoms with Crippen molar-refractivity contribution >= 4 is 11.6 Å². The summed E-state index contributed by atoms with van der Waals surface area (Å²) in [6.45, 7) is 4.33. The first kappa shape index (κ1) is 15.0. The van der Waals surface area contributed by atoms with Crippen LogP contribution >= 0.6 is 0 Å². The maximum atomic E-state index is 11.5. The third-order valence-corrected chi connectivity index (χ3v) is 3.21. The second kappa shape index (κ2) is 6.88. The minimum atomic E-state index is -0.454. The molecule has 0 radical (unpaired) electrons. The highest BCUT2D eigenvalue weighted by Gasteiger charge is 2.12. The number of unbranched alkanes of at least 4 members (excludes halogenated alkanes) is 1. The Morgan fingerprint density at radius 2 is 2.24 bits per heavy atom. The molecule has 3 N–H and O–H groups in total. The molecule has 6 heteroatoms. The molecule has 0 bridgehead atoms. The summed E-state index contributed by atoms with van der Waals surface area (Å²) in [5.41, 5.74) is 7.41. The molecule has 1 heterocycles. The first-order valence-corrected chi connectivity index (χ1v) is 7.06. The summed E-state index contributed by atoms with van der Waals surface area (Å²) in [7, 11) is 0. The monoisotopic (exact) mass is 288 g/mol. The van der Waals surface area contributed by atoms with Crippen LogP contribution in [-0.2, 0) is 13.0 Å². The predicted molar refractivity (Wildman–Crippen MR) is 79.9 cm³/mol. The van der Waals surface area contributed by atoms with Gasteiger partial charge in [-0.3, -0.25) is 4.79 Å². The van der Waals surface area contributed by atoms with Gasteiger partial charge < -0.3 is 15.6 Å². The first-order valence-electron chi connectivity index (χ1n) is 7.06. The van der Waals surface area contributed by atoms with Crippen LogP contribution in [0.5, 0.6) is 0 Å². The highest BCUT2D eigenvalue weighted by molar-refractivity contribution is 5.99. The molecule has 21 heavy (non-hydrogen) atoms. The Balaban J connectivity index is 2.05. The van der Waals surface area contributed by atoms with Gasteiger partial charge in [0.2, 0.25) is 5.89 Å². The number of hydrogen-bond donors (Lipinski definition) is 2. The Kier molecular flexibility index (Phi) is 4.92. The van der Waals surface area contributed by atoms with E-state index < -0.39 is 5.91 Å². The quantitative estimate of drug-likeness (QED) is 0.816. The van der Waals surface area contributed by atoms with Crippen molar-refractivity contribution in [2.75, 3.05) is 5.32 Å². The molecule has 2 rings (SSSR count). The summed E-state index contributed by atoms with van der Waals surface area (Å²) >= 11 is 0. The molecule has 112 valence electrons. The average molecular weight is 288 g/mol. The second-order valence-electron chi connectivity index (χ2n) is 4.92. The first-order chi connectivity index (χ1) is 10.1. The Morgan fingerprint density at radius 3 is 2.95 bits per heavy atom. The molecule has 1 aromatic carbocycles. The van der Waals surface area contributed by atoms with E-state index in [1.807, 2.05) is 25.1 Å². The molecule has 0 aliphatic carbocycles. The third kappa shape index (κ3) is 3.81. The topological polar surface area (TPSA) is 94.0 Å². The van der Waals surface area contributed by atoms with E-state index in [9.17, 15) is 4.79 Å². The van der Waals surface area contributed by atoms with Gasteiger partial charge in [0.25, 0.3) is 5.91 Å². The summed E-state index contributed by atoms with van der Waals surface area (Å²) in [6, 6.07) is 5.52. The van der Waals surface area contributed by atoms with Gasteiger partial charge in [-0.1, -0.05) is 30.6 Å². The number of carbonyl (C=O) groups is 1. The van der Waals surface area contributed by atoms with Gasteiger partial charge >= 0.3 is 0 Å². The highest BCUT2D eigenvalue weighted by Crippen LogP contribution is 2.19. The smallest absolute Gasteiger partial charge is 0.251 e. The molecular weight excluding hydrogens is 268 g/mol. The molecular formula is C15H20N4O2. The van der Waals surface area contributed by atoms with Crippen LogP contribution in [0.2, 0.25) is 0 Å². The van der Waals surface area contributed by atoms with Gasteiger partial charge in [-0.25, -0.2) is 0 Å². The fourth-order valence-electron chi connectivity index (χ4n) is 2.11. The van der Waals surface area contributed by atoms with Crippen molar-refractivity contribution in [3.8, 4) is 0 Å². The van der Waals surface area contributed by atoms with Crippen molar-refractivity contribution in [2.45, 2.75) is 39.7 Å². The number of benzene rings is 1. The van der Waals surface area contributed by atoms with Crippen LogP contribution in [0.15, 0.2) is 22.7 Å². The van der Waals surface area contributed by atoms with E-state index in [4.69, 9.17) is 10.3 Å². The Labute approximate surface area is 123 Å². The number of rotatable bonds is 7. The van der Waals surface area contributed by atoms with Crippen molar-refractivity contribution in [2.24, 2.45) is 5.73 Å². The van der Waals surface area contributed by atoms with Crippen molar-refractivity contribution in [3.05, 3.63) is 41.0 Å². The van der Waals surface area contributed by atoms with E-state index >= 15 is 0 Å². The summed E-state index contributed by atoms with van der Waals surface area (Å²) in [5.74, 6) is 0.760. The van der Waals surface area contributed by atoms with Gasteiger partial charge in [-0.05, 0) is 25.0 Å². The number of anilines is 1. The zero-order valence-corrected chi connectivity index (χ0v) is 12.3.